The van der Waals surface area contributed by atoms with Crippen LogP contribution in [0.15, 0.2) is 66.1 Å². The van der Waals surface area contributed by atoms with E-state index in [0.29, 0.717) is 29.4 Å². The Kier molecular flexibility index (Phi) is 10.1. The number of halogens is 5. The zero-order valence-corrected chi connectivity index (χ0v) is 22.7. The summed E-state index contributed by atoms with van der Waals surface area (Å²) in [4.78, 5) is 24.5. The second-order valence-corrected chi connectivity index (χ2v) is 10.2. The lowest BCUT2D eigenvalue weighted by molar-refractivity contribution is -0.274. The number of nitrogens with zero attached hydrogens (tertiary/aromatic N) is 2. The molecule has 0 saturated carbocycles. The van der Waals surface area contributed by atoms with Crippen LogP contribution in [0.25, 0.3) is 0 Å². The van der Waals surface area contributed by atoms with E-state index in [4.69, 9.17) is 0 Å². The Morgan fingerprint density at radius 1 is 0.857 bits per heavy atom. The molecular formula is C27H25F5N6O3S. The second kappa shape index (κ2) is 13.9. The smallest absolute Gasteiger partial charge is 0.406 e. The van der Waals surface area contributed by atoms with Gasteiger partial charge in [-0.25, -0.2) is 8.78 Å². The highest BCUT2D eigenvalue weighted by Crippen LogP contribution is 2.24. The minimum Gasteiger partial charge on any atom is -0.406 e. The number of carbonyl (C=O) groups is 2. The molecule has 4 N–H and O–H groups in total. The van der Waals surface area contributed by atoms with Gasteiger partial charge in [-0.05, 0) is 66.8 Å². The molecule has 222 valence electrons. The fourth-order valence-corrected chi connectivity index (χ4v) is 4.72. The number of ether oxygens (including phenoxy) is 1. The number of aryl methyl sites for hydroxylation is 1. The van der Waals surface area contributed by atoms with Gasteiger partial charge in [-0.15, -0.1) is 23.4 Å². The van der Waals surface area contributed by atoms with Crippen LogP contribution in [-0.2, 0) is 28.9 Å². The maximum atomic E-state index is 13.3. The van der Waals surface area contributed by atoms with Gasteiger partial charge in [0.15, 0.2) is 0 Å². The fraction of sp³-hybridized carbons (Fsp3) is 0.259. The number of rotatable bonds is 12. The van der Waals surface area contributed by atoms with Crippen LogP contribution in [0.2, 0.25) is 0 Å². The Morgan fingerprint density at radius 3 is 2.29 bits per heavy atom. The van der Waals surface area contributed by atoms with Crippen molar-refractivity contribution < 1.29 is 36.3 Å². The number of hydrogen-bond donors (Lipinski definition) is 4. The summed E-state index contributed by atoms with van der Waals surface area (Å²) < 4.78 is 67.7. The molecule has 4 rings (SSSR count). The summed E-state index contributed by atoms with van der Waals surface area (Å²) in [5.74, 6) is -2.40. The van der Waals surface area contributed by atoms with E-state index in [-0.39, 0.29) is 18.4 Å². The lowest BCUT2D eigenvalue weighted by Gasteiger charge is -2.20. The van der Waals surface area contributed by atoms with Crippen LogP contribution in [0, 0.1) is 11.6 Å². The van der Waals surface area contributed by atoms with Gasteiger partial charge in [-0.2, -0.15) is 0 Å². The predicted octanol–water partition coefficient (Wildman–Crippen LogP) is 4.80. The normalized spacial score (nSPS) is 12.9. The van der Waals surface area contributed by atoms with Crippen LogP contribution < -0.4 is 26.2 Å². The summed E-state index contributed by atoms with van der Waals surface area (Å²) in [6.45, 7) is 0. The SMILES string of the molecule is O=C(Cc1cccc(OC(F)(F)F)c1)NC1=CC=C(CCCCc2nnc(NC(=O)Cc3cc(F)cc(F)c3)s2)NN1. The number of anilines is 1. The highest BCUT2D eigenvalue weighted by Gasteiger charge is 2.31. The highest BCUT2D eigenvalue weighted by molar-refractivity contribution is 7.15. The zero-order chi connectivity index (χ0) is 30.1. The van der Waals surface area contributed by atoms with E-state index in [1.807, 2.05) is 0 Å². The van der Waals surface area contributed by atoms with Gasteiger partial charge in [-0.1, -0.05) is 23.5 Å². The van der Waals surface area contributed by atoms with Crippen LogP contribution in [-0.4, -0.2) is 28.4 Å². The summed E-state index contributed by atoms with van der Waals surface area (Å²) in [6, 6.07) is 8.14. The Labute approximate surface area is 240 Å². The average Bonchev–Trinajstić information content (AvgIpc) is 3.33. The highest BCUT2D eigenvalue weighted by atomic mass is 32.1. The van der Waals surface area contributed by atoms with E-state index < -0.39 is 35.6 Å². The molecule has 1 aromatic heterocycles. The molecule has 1 aliphatic rings. The van der Waals surface area contributed by atoms with Gasteiger partial charge in [-0.3, -0.25) is 15.0 Å². The maximum Gasteiger partial charge on any atom is 0.573 e. The minimum absolute atomic E-state index is 0.144. The molecule has 0 fully saturated rings. The van der Waals surface area contributed by atoms with Crippen molar-refractivity contribution in [2.24, 2.45) is 0 Å². The molecular weight excluding hydrogens is 583 g/mol. The van der Waals surface area contributed by atoms with Crippen molar-refractivity contribution in [1.29, 1.82) is 0 Å². The van der Waals surface area contributed by atoms with Crippen LogP contribution in [0.1, 0.15) is 35.4 Å². The van der Waals surface area contributed by atoms with Crippen molar-refractivity contribution in [2.75, 3.05) is 5.32 Å². The van der Waals surface area contributed by atoms with Gasteiger partial charge >= 0.3 is 6.36 Å². The van der Waals surface area contributed by atoms with E-state index in [1.165, 1.54) is 23.5 Å². The second-order valence-electron chi connectivity index (χ2n) is 9.15. The van der Waals surface area contributed by atoms with Gasteiger partial charge in [0, 0.05) is 18.2 Å². The first kappa shape index (κ1) is 30.4. The molecule has 0 unspecified atom stereocenters. The summed E-state index contributed by atoms with van der Waals surface area (Å²) >= 11 is 1.22. The molecule has 0 atom stereocenters. The van der Waals surface area contributed by atoms with Crippen molar-refractivity contribution >= 4 is 28.3 Å². The summed E-state index contributed by atoms with van der Waals surface area (Å²) in [5, 5.41) is 14.3. The van der Waals surface area contributed by atoms with Crippen LogP contribution in [0.4, 0.5) is 27.1 Å². The van der Waals surface area contributed by atoms with E-state index in [1.54, 1.807) is 12.2 Å². The van der Waals surface area contributed by atoms with E-state index in [9.17, 15) is 31.5 Å². The third-order valence-corrected chi connectivity index (χ3v) is 6.57. The van der Waals surface area contributed by atoms with Crippen molar-refractivity contribution in [3.05, 3.63) is 93.9 Å². The third kappa shape index (κ3) is 10.1. The maximum absolute atomic E-state index is 13.3. The van der Waals surface area contributed by atoms with Crippen molar-refractivity contribution in [3.8, 4) is 5.75 Å². The number of unbranched alkanes of at least 4 members (excludes halogenated alkanes) is 1. The number of allylic oxidation sites excluding steroid dienone is 3. The topological polar surface area (TPSA) is 117 Å². The first-order chi connectivity index (χ1) is 20.0. The molecule has 3 aromatic rings. The number of amides is 2. The van der Waals surface area contributed by atoms with E-state index in [0.717, 1.165) is 53.9 Å². The molecule has 42 heavy (non-hydrogen) atoms. The number of aromatic nitrogens is 2. The molecule has 2 aromatic carbocycles. The van der Waals surface area contributed by atoms with E-state index in [2.05, 4.69) is 36.4 Å². The Hall–Kier alpha value is -4.53. The number of carbonyl (C=O) groups excluding carboxylic acids is 2. The standard InChI is InChI=1S/C27H25F5N6O3S/c28-18-10-17(11-19(29)15-18)14-24(40)34-26-38-37-25(42-26)7-2-1-5-20-8-9-22(36-35-20)33-23(39)13-16-4-3-6-21(12-16)41-27(30,31)32/h3-4,6,8-12,15,35-36H,1-2,5,7,13-14H2,(H,33,39)(H,34,38,40). The minimum atomic E-state index is -4.81. The summed E-state index contributed by atoms with van der Waals surface area (Å²) in [5.41, 5.74) is 7.31. The van der Waals surface area contributed by atoms with Gasteiger partial charge in [0.2, 0.25) is 16.9 Å². The number of hydrogen-bond acceptors (Lipinski definition) is 8. The molecule has 2 amide bonds. The quantitative estimate of drug-likeness (QED) is 0.172. The molecule has 0 saturated heterocycles. The molecule has 0 aliphatic carbocycles. The molecule has 15 heteroatoms. The number of alkyl halides is 3. The number of nitrogens with one attached hydrogen (secondary N) is 4. The third-order valence-electron chi connectivity index (χ3n) is 5.67. The van der Waals surface area contributed by atoms with Crippen LogP contribution >= 0.6 is 11.3 Å². The molecule has 0 radical (unpaired) electrons. The number of hydrazine groups is 1. The van der Waals surface area contributed by atoms with Gasteiger partial charge < -0.3 is 20.8 Å². The van der Waals surface area contributed by atoms with Gasteiger partial charge in [0.1, 0.15) is 28.2 Å². The zero-order valence-electron chi connectivity index (χ0n) is 21.9. The van der Waals surface area contributed by atoms with Gasteiger partial charge in [0.25, 0.3) is 0 Å². The molecule has 9 nitrogen and oxygen atoms in total. The lowest BCUT2D eigenvalue weighted by Crippen LogP contribution is -2.41. The summed E-state index contributed by atoms with van der Waals surface area (Å²) in [6.07, 6.45) is 1.24. The molecule has 1 aliphatic heterocycles. The first-order valence-corrected chi connectivity index (χ1v) is 13.5. The first-order valence-electron chi connectivity index (χ1n) is 12.7. The Balaban J connectivity index is 1.15. The molecule has 0 bridgehead atoms. The van der Waals surface area contributed by atoms with E-state index >= 15 is 0 Å². The summed E-state index contributed by atoms with van der Waals surface area (Å²) in [7, 11) is 0. The van der Waals surface area contributed by atoms with Crippen molar-refractivity contribution in [2.45, 2.75) is 44.9 Å². The predicted molar refractivity (Wildman–Crippen MR) is 144 cm³/mol. The van der Waals surface area contributed by atoms with Crippen molar-refractivity contribution in [3.63, 3.8) is 0 Å². The van der Waals surface area contributed by atoms with Crippen LogP contribution in [0.5, 0.6) is 5.75 Å². The largest absolute Gasteiger partial charge is 0.573 e. The Morgan fingerprint density at radius 2 is 1.57 bits per heavy atom. The Bertz CT molecular complexity index is 1470. The van der Waals surface area contributed by atoms with Crippen LogP contribution in [0.3, 0.4) is 0 Å². The molecule has 2 heterocycles. The fourth-order valence-electron chi connectivity index (χ4n) is 3.92. The number of benzene rings is 2. The average molecular weight is 609 g/mol. The monoisotopic (exact) mass is 608 g/mol. The molecule has 0 spiro atoms. The van der Waals surface area contributed by atoms with Gasteiger partial charge in [0.05, 0.1) is 12.8 Å². The van der Waals surface area contributed by atoms with Crippen molar-refractivity contribution in [1.82, 2.24) is 26.4 Å². The lowest BCUT2D eigenvalue weighted by atomic mass is 10.1.